The van der Waals surface area contributed by atoms with E-state index in [2.05, 4.69) is 15.9 Å². The first kappa shape index (κ1) is 20.3. The Bertz CT molecular complexity index is 916. The summed E-state index contributed by atoms with van der Waals surface area (Å²) in [5.74, 6) is 1.50. The standard InChI is InChI=1S/C20H18BrNO5S/c1-25-16-12-17(26-2)15(21)10-13(16)11-18-19(23)22(20(24)28-18)8-9-27-14-6-4-3-5-7-14/h3-7,10-12H,8-9H2,1-2H3/b18-11-. The number of benzene rings is 2. The Morgan fingerprint density at radius 2 is 1.79 bits per heavy atom. The van der Waals surface area contributed by atoms with Crippen molar-refractivity contribution in [2.45, 2.75) is 0 Å². The molecule has 1 aliphatic rings. The molecule has 0 atom stereocenters. The van der Waals surface area contributed by atoms with Gasteiger partial charge in [-0.2, -0.15) is 0 Å². The Hall–Kier alpha value is -2.45. The minimum atomic E-state index is -0.347. The summed E-state index contributed by atoms with van der Waals surface area (Å²) in [5.41, 5.74) is 0.668. The third-order valence-electron chi connectivity index (χ3n) is 3.99. The molecule has 1 fully saturated rings. The van der Waals surface area contributed by atoms with Gasteiger partial charge in [0, 0.05) is 11.6 Å². The average Bonchev–Trinajstić information content (AvgIpc) is 2.96. The molecule has 28 heavy (non-hydrogen) atoms. The number of rotatable bonds is 7. The van der Waals surface area contributed by atoms with Crippen molar-refractivity contribution >= 4 is 44.9 Å². The average molecular weight is 464 g/mol. The van der Waals surface area contributed by atoms with Crippen LogP contribution in [0.25, 0.3) is 6.08 Å². The number of halogens is 1. The zero-order chi connectivity index (χ0) is 20.1. The van der Waals surface area contributed by atoms with Gasteiger partial charge in [-0.3, -0.25) is 14.5 Å². The monoisotopic (exact) mass is 463 g/mol. The molecule has 2 aromatic rings. The van der Waals surface area contributed by atoms with E-state index in [0.29, 0.717) is 27.7 Å². The van der Waals surface area contributed by atoms with Gasteiger partial charge in [-0.25, -0.2) is 0 Å². The number of hydrogen-bond acceptors (Lipinski definition) is 6. The summed E-state index contributed by atoms with van der Waals surface area (Å²) >= 11 is 4.32. The van der Waals surface area contributed by atoms with Gasteiger partial charge in [-0.05, 0) is 52.0 Å². The van der Waals surface area contributed by atoms with Gasteiger partial charge >= 0.3 is 0 Å². The molecule has 0 spiro atoms. The van der Waals surface area contributed by atoms with E-state index < -0.39 is 0 Å². The summed E-state index contributed by atoms with van der Waals surface area (Å²) in [6.45, 7) is 0.410. The molecule has 1 aliphatic heterocycles. The molecular formula is C20H18BrNO5S. The lowest BCUT2D eigenvalue weighted by atomic mass is 10.1. The highest BCUT2D eigenvalue weighted by atomic mass is 79.9. The van der Waals surface area contributed by atoms with Crippen molar-refractivity contribution in [3.63, 3.8) is 0 Å². The number of nitrogens with zero attached hydrogens (tertiary/aromatic N) is 1. The van der Waals surface area contributed by atoms with Crippen LogP contribution >= 0.6 is 27.7 Å². The molecule has 1 saturated heterocycles. The maximum atomic E-state index is 12.7. The largest absolute Gasteiger partial charge is 0.496 e. The van der Waals surface area contributed by atoms with Crippen LogP contribution in [0.15, 0.2) is 51.8 Å². The molecule has 8 heteroatoms. The molecule has 2 aromatic carbocycles. The summed E-state index contributed by atoms with van der Waals surface area (Å²) in [6, 6.07) is 12.7. The zero-order valence-electron chi connectivity index (χ0n) is 15.3. The predicted molar refractivity (Wildman–Crippen MR) is 112 cm³/mol. The summed E-state index contributed by atoms with van der Waals surface area (Å²) in [7, 11) is 3.09. The molecule has 0 aliphatic carbocycles. The van der Waals surface area contributed by atoms with E-state index in [1.807, 2.05) is 30.3 Å². The first-order valence-electron chi connectivity index (χ1n) is 8.38. The number of carbonyl (C=O) groups is 2. The topological polar surface area (TPSA) is 65.1 Å². The van der Waals surface area contributed by atoms with Crippen molar-refractivity contribution in [1.82, 2.24) is 4.90 Å². The van der Waals surface area contributed by atoms with Crippen LogP contribution in [-0.4, -0.2) is 43.4 Å². The van der Waals surface area contributed by atoms with Crippen molar-refractivity contribution in [1.29, 1.82) is 0 Å². The highest BCUT2D eigenvalue weighted by molar-refractivity contribution is 9.10. The van der Waals surface area contributed by atoms with Gasteiger partial charge in [0.2, 0.25) is 0 Å². The molecule has 0 saturated carbocycles. The first-order chi connectivity index (χ1) is 13.5. The second-order valence-corrected chi connectivity index (χ2v) is 7.57. The zero-order valence-corrected chi connectivity index (χ0v) is 17.7. The highest BCUT2D eigenvalue weighted by Crippen LogP contribution is 2.37. The number of methoxy groups -OCH3 is 2. The SMILES string of the molecule is COc1cc(OC)c(/C=C2\SC(=O)N(CCOc3ccccc3)C2=O)cc1Br. The maximum absolute atomic E-state index is 12.7. The number of hydrogen-bond donors (Lipinski definition) is 0. The van der Waals surface area contributed by atoms with Crippen LogP contribution < -0.4 is 14.2 Å². The lowest BCUT2D eigenvalue weighted by molar-refractivity contribution is -0.123. The fourth-order valence-corrected chi connectivity index (χ4v) is 3.98. The molecular weight excluding hydrogens is 446 g/mol. The van der Waals surface area contributed by atoms with Gasteiger partial charge in [-0.15, -0.1) is 0 Å². The molecule has 0 unspecified atom stereocenters. The van der Waals surface area contributed by atoms with E-state index in [1.165, 1.54) is 12.0 Å². The molecule has 0 radical (unpaired) electrons. The molecule has 1 heterocycles. The van der Waals surface area contributed by atoms with Crippen molar-refractivity contribution in [3.8, 4) is 17.2 Å². The number of thioether (sulfide) groups is 1. The van der Waals surface area contributed by atoms with E-state index in [9.17, 15) is 9.59 Å². The fourth-order valence-electron chi connectivity index (χ4n) is 2.60. The van der Waals surface area contributed by atoms with E-state index >= 15 is 0 Å². The van der Waals surface area contributed by atoms with Gasteiger partial charge in [0.25, 0.3) is 11.1 Å². The summed E-state index contributed by atoms with van der Waals surface area (Å²) in [5, 5.41) is -0.320. The Morgan fingerprint density at radius 3 is 2.46 bits per heavy atom. The molecule has 146 valence electrons. The molecule has 0 N–H and O–H groups in total. The number of amides is 2. The summed E-state index contributed by atoms with van der Waals surface area (Å²) in [4.78, 5) is 26.4. The number of carbonyl (C=O) groups excluding carboxylic acids is 2. The Labute approximate surface area is 175 Å². The number of imide groups is 1. The Balaban J connectivity index is 1.73. The lowest BCUT2D eigenvalue weighted by Gasteiger charge is -2.13. The van der Waals surface area contributed by atoms with Crippen molar-refractivity contribution in [3.05, 3.63) is 57.4 Å². The van der Waals surface area contributed by atoms with Crippen LogP contribution in [0.3, 0.4) is 0 Å². The number of ether oxygens (including phenoxy) is 3. The third kappa shape index (κ3) is 4.51. The fraction of sp³-hybridized carbons (Fsp3) is 0.200. The van der Waals surface area contributed by atoms with Crippen molar-refractivity contribution < 1.29 is 23.8 Å². The lowest BCUT2D eigenvalue weighted by Crippen LogP contribution is -2.32. The van der Waals surface area contributed by atoms with Gasteiger partial charge < -0.3 is 14.2 Å². The van der Waals surface area contributed by atoms with Gasteiger partial charge in [0.1, 0.15) is 23.9 Å². The van der Waals surface area contributed by atoms with E-state index in [0.717, 1.165) is 16.2 Å². The predicted octanol–water partition coefficient (Wildman–Crippen LogP) is 4.58. The van der Waals surface area contributed by atoms with Crippen LogP contribution in [0.5, 0.6) is 17.2 Å². The Morgan fingerprint density at radius 1 is 1.07 bits per heavy atom. The molecule has 0 bridgehead atoms. The smallest absolute Gasteiger partial charge is 0.293 e. The second kappa shape index (κ2) is 9.16. The minimum absolute atomic E-state index is 0.181. The third-order valence-corrected chi connectivity index (χ3v) is 5.52. The van der Waals surface area contributed by atoms with Crippen LogP contribution in [0.2, 0.25) is 0 Å². The Kier molecular flexibility index (Phi) is 6.64. The van der Waals surface area contributed by atoms with Crippen LogP contribution in [0.1, 0.15) is 5.56 Å². The highest BCUT2D eigenvalue weighted by Gasteiger charge is 2.35. The van der Waals surface area contributed by atoms with Crippen LogP contribution in [0.4, 0.5) is 4.79 Å². The second-order valence-electron chi connectivity index (χ2n) is 5.72. The van der Waals surface area contributed by atoms with E-state index in [4.69, 9.17) is 14.2 Å². The molecule has 2 amide bonds. The van der Waals surface area contributed by atoms with Gasteiger partial charge in [0.15, 0.2) is 0 Å². The molecule has 0 aromatic heterocycles. The van der Waals surface area contributed by atoms with Crippen LogP contribution in [-0.2, 0) is 4.79 Å². The van der Waals surface area contributed by atoms with Gasteiger partial charge in [0.05, 0.1) is 30.1 Å². The van der Waals surface area contributed by atoms with Crippen molar-refractivity contribution in [2.24, 2.45) is 0 Å². The van der Waals surface area contributed by atoms with Gasteiger partial charge in [-0.1, -0.05) is 18.2 Å². The van der Waals surface area contributed by atoms with E-state index in [1.54, 1.807) is 25.3 Å². The first-order valence-corrected chi connectivity index (χ1v) is 9.99. The quantitative estimate of drug-likeness (QED) is 0.559. The number of para-hydroxylation sites is 1. The molecule has 3 rings (SSSR count). The van der Waals surface area contributed by atoms with Crippen LogP contribution in [0, 0.1) is 0 Å². The summed E-state index contributed by atoms with van der Waals surface area (Å²) in [6.07, 6.45) is 1.64. The normalized spacial score (nSPS) is 15.2. The minimum Gasteiger partial charge on any atom is -0.496 e. The summed E-state index contributed by atoms with van der Waals surface area (Å²) < 4.78 is 16.9. The van der Waals surface area contributed by atoms with E-state index in [-0.39, 0.29) is 24.3 Å². The molecule has 6 nitrogen and oxygen atoms in total. The van der Waals surface area contributed by atoms with Crippen molar-refractivity contribution in [2.75, 3.05) is 27.4 Å². The maximum Gasteiger partial charge on any atom is 0.293 e.